The monoisotopic (exact) mass is 610 g/mol. The third kappa shape index (κ3) is 8.13. The van der Waals surface area contributed by atoms with E-state index in [2.05, 4.69) is 20.8 Å². The van der Waals surface area contributed by atoms with E-state index in [1.165, 1.54) is 61.2 Å². The minimum absolute atomic E-state index is 0.242. The maximum Gasteiger partial charge on any atom is 0.241 e. The van der Waals surface area contributed by atoms with Crippen LogP contribution in [0.4, 0.5) is 0 Å². The SMILES string of the molecule is CC(=O)NC1=NN(C(C)=O)C(c2cccc(OC/C=C/COc3cccc(C4SC(NC(C)=O)=NN4C(C)=O)c3)c2)S1. The number of benzene rings is 2. The Hall–Kier alpha value is -4.30. The predicted octanol–water partition coefficient (Wildman–Crippen LogP) is 3.70. The van der Waals surface area contributed by atoms with Crippen LogP contribution in [-0.4, -0.2) is 57.2 Å². The van der Waals surface area contributed by atoms with Crippen LogP contribution >= 0.6 is 23.5 Å². The van der Waals surface area contributed by atoms with Crippen molar-refractivity contribution in [3.8, 4) is 11.5 Å². The minimum atomic E-state index is -0.415. The second kappa shape index (κ2) is 14.0. The Balaban J connectivity index is 1.29. The van der Waals surface area contributed by atoms with Gasteiger partial charge in [-0.1, -0.05) is 47.8 Å². The molecule has 0 fully saturated rings. The summed E-state index contributed by atoms with van der Waals surface area (Å²) in [5, 5.41) is 16.3. The zero-order chi connectivity index (χ0) is 30.2. The topological polar surface area (TPSA) is 142 Å². The van der Waals surface area contributed by atoms with E-state index in [9.17, 15) is 19.2 Å². The third-order valence-electron chi connectivity index (χ3n) is 5.64. The van der Waals surface area contributed by atoms with Crippen LogP contribution in [0.1, 0.15) is 49.6 Å². The molecule has 2 N–H and O–H groups in total. The third-order valence-corrected chi connectivity index (χ3v) is 7.85. The van der Waals surface area contributed by atoms with E-state index in [0.29, 0.717) is 35.0 Å². The Morgan fingerprint density at radius 2 is 1.14 bits per heavy atom. The lowest BCUT2D eigenvalue weighted by Gasteiger charge is -2.19. The lowest BCUT2D eigenvalue weighted by molar-refractivity contribution is -0.130. The van der Waals surface area contributed by atoms with Gasteiger partial charge in [-0.2, -0.15) is 0 Å². The fourth-order valence-corrected chi connectivity index (χ4v) is 6.15. The number of amidine groups is 2. The van der Waals surface area contributed by atoms with Crippen molar-refractivity contribution in [3.05, 3.63) is 71.8 Å². The molecule has 2 aliphatic heterocycles. The summed E-state index contributed by atoms with van der Waals surface area (Å²) >= 11 is 2.55. The highest BCUT2D eigenvalue weighted by atomic mass is 32.2. The molecule has 14 heteroatoms. The zero-order valence-corrected chi connectivity index (χ0v) is 25.0. The van der Waals surface area contributed by atoms with Crippen LogP contribution in [0, 0.1) is 0 Å². The van der Waals surface area contributed by atoms with Crippen LogP contribution in [0.2, 0.25) is 0 Å². The molecule has 2 aromatic rings. The minimum Gasteiger partial charge on any atom is -0.490 e. The smallest absolute Gasteiger partial charge is 0.241 e. The first kappa shape index (κ1) is 30.7. The molecule has 0 spiro atoms. The number of hydrazone groups is 2. The van der Waals surface area contributed by atoms with Gasteiger partial charge in [0.2, 0.25) is 23.6 Å². The Morgan fingerprint density at radius 1 is 0.738 bits per heavy atom. The van der Waals surface area contributed by atoms with Gasteiger partial charge in [0.05, 0.1) is 0 Å². The van der Waals surface area contributed by atoms with Crippen LogP contribution in [-0.2, 0) is 19.2 Å². The van der Waals surface area contributed by atoms with Crippen LogP contribution < -0.4 is 20.1 Å². The number of hydrogen-bond donors (Lipinski definition) is 2. The van der Waals surface area contributed by atoms with Crippen LogP contribution in [0.3, 0.4) is 0 Å². The van der Waals surface area contributed by atoms with Crippen molar-refractivity contribution < 1.29 is 28.7 Å². The number of amides is 4. The summed E-state index contributed by atoms with van der Waals surface area (Å²) < 4.78 is 11.7. The molecular formula is C28H30N6O6S2. The van der Waals surface area contributed by atoms with Crippen LogP contribution in [0.15, 0.2) is 70.9 Å². The Kier molecular flexibility index (Phi) is 10.3. The molecule has 2 unspecified atom stereocenters. The summed E-state index contributed by atoms with van der Waals surface area (Å²) in [6.45, 7) is 6.21. The second-order valence-electron chi connectivity index (χ2n) is 9.08. The molecule has 0 bridgehead atoms. The first-order chi connectivity index (χ1) is 20.1. The van der Waals surface area contributed by atoms with Crippen molar-refractivity contribution in [3.63, 3.8) is 0 Å². The first-order valence-corrected chi connectivity index (χ1v) is 14.6. The average molecular weight is 611 g/mol. The molecule has 0 aromatic heterocycles. The number of nitrogens with zero attached hydrogens (tertiary/aromatic N) is 4. The van der Waals surface area contributed by atoms with Crippen molar-refractivity contribution >= 4 is 57.5 Å². The second-order valence-corrected chi connectivity index (χ2v) is 11.2. The van der Waals surface area contributed by atoms with E-state index in [1.54, 1.807) is 0 Å². The highest BCUT2D eigenvalue weighted by Gasteiger charge is 2.33. The van der Waals surface area contributed by atoms with Gasteiger partial charge in [-0.25, -0.2) is 10.0 Å². The fraction of sp³-hybridized carbons (Fsp3) is 0.286. The fourth-order valence-electron chi connectivity index (χ4n) is 3.90. The average Bonchev–Trinajstić information content (AvgIpc) is 3.55. The van der Waals surface area contributed by atoms with Gasteiger partial charge in [0.1, 0.15) is 35.5 Å². The first-order valence-electron chi connectivity index (χ1n) is 12.9. The van der Waals surface area contributed by atoms with Crippen molar-refractivity contribution in [1.29, 1.82) is 0 Å². The van der Waals surface area contributed by atoms with E-state index in [4.69, 9.17) is 9.47 Å². The summed E-state index contributed by atoms with van der Waals surface area (Å²) in [6, 6.07) is 14.7. The summed E-state index contributed by atoms with van der Waals surface area (Å²) in [4.78, 5) is 47.0. The molecule has 2 aliphatic rings. The maximum atomic E-state index is 12.1. The van der Waals surface area contributed by atoms with Crippen molar-refractivity contribution in [2.24, 2.45) is 10.2 Å². The molecule has 2 aromatic carbocycles. The van der Waals surface area contributed by atoms with Gasteiger partial charge in [0.25, 0.3) is 0 Å². The van der Waals surface area contributed by atoms with Gasteiger partial charge in [-0.05, 0) is 47.5 Å². The van der Waals surface area contributed by atoms with E-state index in [-0.39, 0.29) is 23.6 Å². The number of thioether (sulfide) groups is 2. The van der Waals surface area contributed by atoms with E-state index < -0.39 is 10.7 Å². The van der Waals surface area contributed by atoms with Gasteiger partial charge in [0, 0.05) is 27.7 Å². The van der Waals surface area contributed by atoms with Gasteiger partial charge in [-0.15, -0.1) is 10.2 Å². The molecule has 2 atom stereocenters. The lowest BCUT2D eigenvalue weighted by Crippen LogP contribution is -2.25. The number of carbonyl (C=O) groups is 4. The summed E-state index contributed by atoms with van der Waals surface area (Å²) in [5.41, 5.74) is 1.62. The van der Waals surface area contributed by atoms with E-state index in [0.717, 1.165) is 11.1 Å². The molecule has 0 saturated heterocycles. The van der Waals surface area contributed by atoms with E-state index in [1.807, 2.05) is 60.7 Å². The molecule has 0 aliphatic carbocycles. The molecule has 4 amide bonds. The molecule has 4 rings (SSSR count). The molecule has 0 radical (unpaired) electrons. The van der Waals surface area contributed by atoms with Crippen LogP contribution in [0.5, 0.6) is 11.5 Å². The Labute approximate surface area is 251 Å². The molecule has 220 valence electrons. The van der Waals surface area contributed by atoms with Gasteiger partial charge in [0.15, 0.2) is 10.3 Å². The standard InChI is InChI=1S/C28H30N6O6S2/c1-17(35)29-27-31-33(19(3)37)25(41-27)21-9-7-11-23(15-21)39-13-5-6-14-40-24-12-8-10-22(16-24)26-34(20(4)38)32-28(42-26)30-18(2)36/h5-12,15-16,25-26H,13-14H2,1-4H3,(H,29,31,35)(H,30,32,36)/b6-5+. The largest absolute Gasteiger partial charge is 0.490 e. The van der Waals surface area contributed by atoms with Crippen molar-refractivity contribution in [2.45, 2.75) is 38.4 Å². The lowest BCUT2D eigenvalue weighted by atomic mass is 10.2. The number of nitrogens with one attached hydrogen (secondary N) is 2. The molecular weight excluding hydrogens is 580 g/mol. The maximum absolute atomic E-state index is 12.1. The number of rotatable bonds is 8. The van der Waals surface area contributed by atoms with Gasteiger partial charge >= 0.3 is 0 Å². The van der Waals surface area contributed by atoms with Crippen molar-refractivity contribution in [2.75, 3.05) is 13.2 Å². The summed E-state index contributed by atoms with van der Waals surface area (Å²) in [6.07, 6.45) is 3.66. The summed E-state index contributed by atoms with van der Waals surface area (Å²) in [5.74, 6) is 0.235. The molecule has 42 heavy (non-hydrogen) atoms. The van der Waals surface area contributed by atoms with Crippen LogP contribution in [0.25, 0.3) is 0 Å². The van der Waals surface area contributed by atoms with Crippen molar-refractivity contribution in [1.82, 2.24) is 20.7 Å². The number of carbonyl (C=O) groups excluding carboxylic acids is 4. The number of ether oxygens (including phenoxy) is 2. The highest BCUT2D eigenvalue weighted by molar-refractivity contribution is 8.14. The molecule has 2 heterocycles. The quantitative estimate of drug-likeness (QED) is 0.431. The highest BCUT2D eigenvalue weighted by Crippen LogP contribution is 2.40. The molecule has 0 saturated carbocycles. The summed E-state index contributed by atoms with van der Waals surface area (Å²) in [7, 11) is 0. The van der Waals surface area contributed by atoms with Gasteiger partial charge in [-0.3, -0.25) is 19.2 Å². The van der Waals surface area contributed by atoms with Gasteiger partial charge < -0.3 is 20.1 Å². The zero-order valence-electron chi connectivity index (χ0n) is 23.4. The van der Waals surface area contributed by atoms with E-state index >= 15 is 0 Å². The Morgan fingerprint density at radius 3 is 1.50 bits per heavy atom. The normalized spacial score (nSPS) is 18.0. The number of hydrogen-bond acceptors (Lipinski definition) is 10. The predicted molar refractivity (Wildman–Crippen MR) is 161 cm³/mol. The molecule has 12 nitrogen and oxygen atoms in total. The Bertz CT molecular complexity index is 1350.